The van der Waals surface area contributed by atoms with Crippen molar-refractivity contribution in [2.24, 2.45) is 0 Å². The van der Waals surface area contributed by atoms with Crippen LogP contribution in [0.1, 0.15) is 44.9 Å². The number of halogens is 1. The van der Waals surface area contributed by atoms with E-state index in [0.717, 1.165) is 16.8 Å². The van der Waals surface area contributed by atoms with Gasteiger partial charge in [-0.15, -0.1) is 10.2 Å². The predicted octanol–water partition coefficient (Wildman–Crippen LogP) is 4.52. The van der Waals surface area contributed by atoms with Crippen LogP contribution < -0.4 is 0 Å². The Bertz CT molecular complexity index is 1080. The second-order valence-corrected chi connectivity index (χ2v) is 8.44. The molecule has 0 spiro atoms. The molecule has 2 aromatic carbocycles. The van der Waals surface area contributed by atoms with Gasteiger partial charge in [0.25, 0.3) is 0 Å². The van der Waals surface area contributed by atoms with Gasteiger partial charge in [-0.05, 0) is 53.8 Å². The molecule has 7 heteroatoms. The maximum Gasteiger partial charge on any atom is 0.333 e. The van der Waals surface area contributed by atoms with Crippen molar-refractivity contribution in [2.45, 2.75) is 39.2 Å². The van der Waals surface area contributed by atoms with Crippen LogP contribution in [0.2, 0.25) is 5.02 Å². The van der Waals surface area contributed by atoms with E-state index < -0.39 is 12.1 Å². The van der Waals surface area contributed by atoms with E-state index in [1.54, 1.807) is 29.9 Å². The highest BCUT2D eigenvalue weighted by molar-refractivity contribution is 6.31. The predicted molar refractivity (Wildman–Crippen MR) is 113 cm³/mol. The molecule has 1 heterocycles. The minimum Gasteiger partial charge on any atom is -0.452 e. The summed E-state index contributed by atoms with van der Waals surface area (Å²) in [6.07, 6.45) is -0.780. The third-order valence-electron chi connectivity index (χ3n) is 4.52. The molecule has 152 valence electrons. The molecule has 0 saturated carbocycles. The fourth-order valence-electron chi connectivity index (χ4n) is 2.97. The first-order valence-corrected chi connectivity index (χ1v) is 9.62. The van der Waals surface area contributed by atoms with Crippen LogP contribution in [0.4, 0.5) is 0 Å². The zero-order valence-electron chi connectivity index (χ0n) is 16.9. The van der Waals surface area contributed by atoms with Gasteiger partial charge in [0.15, 0.2) is 6.10 Å². The Hall–Kier alpha value is -2.70. The number of nitrogens with zero attached hydrogens (tertiary/aromatic N) is 3. The summed E-state index contributed by atoms with van der Waals surface area (Å²) in [5, 5.41) is 19.5. The third kappa shape index (κ3) is 4.49. The van der Waals surface area contributed by atoms with Gasteiger partial charge in [0.05, 0.1) is 12.3 Å². The molecular formula is C22H24ClN3O3. The molecule has 3 aromatic rings. The van der Waals surface area contributed by atoms with Gasteiger partial charge in [-0.2, -0.15) is 4.80 Å². The lowest BCUT2D eigenvalue weighted by Crippen LogP contribution is -2.19. The maximum atomic E-state index is 11.9. The van der Waals surface area contributed by atoms with Gasteiger partial charge in [0, 0.05) is 10.6 Å². The molecule has 0 aliphatic carbocycles. The molecule has 0 radical (unpaired) electrons. The van der Waals surface area contributed by atoms with E-state index in [4.69, 9.17) is 16.3 Å². The van der Waals surface area contributed by atoms with Crippen molar-refractivity contribution in [2.75, 3.05) is 6.61 Å². The Morgan fingerprint density at radius 3 is 2.52 bits per heavy atom. The number of ether oxygens (including phenoxy) is 1. The van der Waals surface area contributed by atoms with Gasteiger partial charge in [-0.25, -0.2) is 4.79 Å². The van der Waals surface area contributed by atoms with Crippen LogP contribution in [0.15, 0.2) is 48.6 Å². The Morgan fingerprint density at radius 2 is 1.90 bits per heavy atom. The maximum absolute atomic E-state index is 11.9. The SMILES string of the molecule is C=C(C)C(=O)OC(CO)c1ccc(-n2nc3ccc(Cl)cc3n2)c(C(C)(C)C)c1. The topological polar surface area (TPSA) is 77.2 Å². The fourth-order valence-corrected chi connectivity index (χ4v) is 3.13. The van der Waals surface area contributed by atoms with Gasteiger partial charge in [-0.1, -0.05) is 45.0 Å². The van der Waals surface area contributed by atoms with Crippen LogP contribution in [0.5, 0.6) is 0 Å². The average molecular weight is 414 g/mol. The van der Waals surface area contributed by atoms with Gasteiger partial charge in [-0.3, -0.25) is 0 Å². The summed E-state index contributed by atoms with van der Waals surface area (Å²) in [6.45, 7) is 11.0. The van der Waals surface area contributed by atoms with E-state index >= 15 is 0 Å². The molecule has 0 aliphatic heterocycles. The van der Waals surface area contributed by atoms with Crippen LogP contribution in [0, 0.1) is 0 Å². The molecule has 0 bridgehead atoms. The van der Waals surface area contributed by atoms with Crippen molar-refractivity contribution in [1.82, 2.24) is 15.0 Å². The number of fused-ring (bicyclic) bond motifs is 1. The largest absolute Gasteiger partial charge is 0.452 e. The summed E-state index contributed by atoms with van der Waals surface area (Å²) in [7, 11) is 0. The van der Waals surface area contributed by atoms with Crippen LogP contribution in [-0.2, 0) is 14.9 Å². The summed E-state index contributed by atoms with van der Waals surface area (Å²) in [5.74, 6) is -0.540. The number of carbonyl (C=O) groups is 1. The molecule has 0 amide bonds. The standard InChI is InChI=1S/C22H24ClN3O3/c1-13(2)21(28)29-20(12-27)14-6-9-19(16(10-14)22(3,4)5)26-24-17-8-7-15(23)11-18(17)25-26/h6-11,20,27H,1,12H2,2-5H3. The first-order chi connectivity index (χ1) is 13.6. The molecule has 0 saturated heterocycles. The molecule has 1 atom stereocenters. The minimum absolute atomic E-state index is 0.249. The highest BCUT2D eigenvalue weighted by Crippen LogP contribution is 2.32. The number of carbonyl (C=O) groups excluding carboxylic acids is 1. The number of rotatable bonds is 5. The normalized spacial score (nSPS) is 12.8. The van der Waals surface area contributed by atoms with Crippen LogP contribution in [0.25, 0.3) is 16.7 Å². The summed E-state index contributed by atoms with van der Waals surface area (Å²) < 4.78 is 5.38. The minimum atomic E-state index is -0.780. The van der Waals surface area contributed by atoms with Gasteiger partial charge in [0.1, 0.15) is 11.0 Å². The number of benzene rings is 2. The Kier molecular flexibility index (Phi) is 5.78. The first kappa shape index (κ1) is 21.0. The third-order valence-corrected chi connectivity index (χ3v) is 4.76. The lowest BCUT2D eigenvalue weighted by Gasteiger charge is -2.25. The first-order valence-electron chi connectivity index (χ1n) is 9.25. The van der Waals surface area contributed by atoms with Crippen LogP contribution in [-0.4, -0.2) is 32.7 Å². The van der Waals surface area contributed by atoms with Crippen LogP contribution >= 0.6 is 11.6 Å². The van der Waals surface area contributed by atoms with E-state index in [0.29, 0.717) is 16.1 Å². The lowest BCUT2D eigenvalue weighted by molar-refractivity contribution is -0.146. The molecular weight excluding hydrogens is 390 g/mol. The van der Waals surface area contributed by atoms with E-state index in [2.05, 4.69) is 37.5 Å². The van der Waals surface area contributed by atoms with E-state index in [9.17, 15) is 9.90 Å². The molecule has 1 N–H and O–H groups in total. The van der Waals surface area contributed by atoms with Gasteiger partial charge < -0.3 is 9.84 Å². The van der Waals surface area contributed by atoms with Gasteiger partial charge in [0.2, 0.25) is 0 Å². The molecule has 0 fully saturated rings. The number of hydrogen-bond donors (Lipinski definition) is 1. The summed E-state index contributed by atoms with van der Waals surface area (Å²) in [6, 6.07) is 11.0. The van der Waals surface area contributed by atoms with E-state index in [1.165, 1.54) is 0 Å². The average Bonchev–Trinajstić information content (AvgIpc) is 3.07. The van der Waals surface area contributed by atoms with Gasteiger partial charge >= 0.3 is 5.97 Å². The molecule has 29 heavy (non-hydrogen) atoms. The summed E-state index contributed by atoms with van der Waals surface area (Å²) >= 11 is 6.06. The number of aromatic nitrogens is 3. The van der Waals surface area contributed by atoms with Crippen molar-refractivity contribution in [3.8, 4) is 5.69 Å². The zero-order valence-corrected chi connectivity index (χ0v) is 17.7. The Labute approximate surface area is 174 Å². The molecule has 1 unspecified atom stereocenters. The Morgan fingerprint density at radius 1 is 1.21 bits per heavy atom. The van der Waals surface area contributed by atoms with Crippen molar-refractivity contribution >= 4 is 28.6 Å². The number of esters is 1. The highest BCUT2D eigenvalue weighted by atomic mass is 35.5. The Balaban J connectivity index is 2.08. The van der Waals surface area contributed by atoms with E-state index in [-0.39, 0.29) is 17.6 Å². The lowest BCUT2D eigenvalue weighted by atomic mass is 9.84. The van der Waals surface area contributed by atoms with Crippen molar-refractivity contribution < 1.29 is 14.6 Å². The molecule has 6 nitrogen and oxygen atoms in total. The number of aliphatic hydroxyl groups is 1. The van der Waals surface area contributed by atoms with Crippen LogP contribution in [0.3, 0.4) is 0 Å². The van der Waals surface area contributed by atoms with Crippen molar-refractivity contribution in [3.05, 3.63) is 64.7 Å². The number of hydrogen-bond acceptors (Lipinski definition) is 5. The van der Waals surface area contributed by atoms with Crippen molar-refractivity contribution in [3.63, 3.8) is 0 Å². The summed E-state index contributed by atoms with van der Waals surface area (Å²) in [5.41, 5.74) is 3.91. The monoisotopic (exact) mass is 413 g/mol. The van der Waals surface area contributed by atoms with E-state index in [1.807, 2.05) is 18.2 Å². The number of aliphatic hydroxyl groups excluding tert-OH is 1. The quantitative estimate of drug-likeness (QED) is 0.491. The second-order valence-electron chi connectivity index (χ2n) is 8.01. The van der Waals surface area contributed by atoms with Crippen molar-refractivity contribution in [1.29, 1.82) is 0 Å². The summed E-state index contributed by atoms with van der Waals surface area (Å²) in [4.78, 5) is 13.5. The molecule has 3 rings (SSSR count). The smallest absolute Gasteiger partial charge is 0.333 e. The molecule has 1 aromatic heterocycles. The zero-order chi connectivity index (χ0) is 21.3. The highest BCUT2D eigenvalue weighted by Gasteiger charge is 2.24. The fraction of sp³-hybridized carbons (Fsp3) is 0.318. The second kappa shape index (κ2) is 7.97. The molecule has 0 aliphatic rings.